The van der Waals surface area contributed by atoms with Crippen molar-refractivity contribution in [1.29, 1.82) is 0 Å². The van der Waals surface area contributed by atoms with Gasteiger partial charge in [-0.1, -0.05) is 77.8 Å². The fourth-order valence-electron chi connectivity index (χ4n) is 2.69. The van der Waals surface area contributed by atoms with Crippen LogP contribution in [0.5, 0.6) is 0 Å². The topological polar surface area (TPSA) is 66.5 Å². The van der Waals surface area contributed by atoms with E-state index < -0.39 is 22.5 Å². The molecule has 0 atom stereocenters. The van der Waals surface area contributed by atoms with Crippen molar-refractivity contribution in [3.05, 3.63) is 94.5 Å². The van der Waals surface area contributed by atoms with Crippen molar-refractivity contribution < 1.29 is 13.2 Å². The number of benzene rings is 3. The zero-order valence-corrected chi connectivity index (χ0v) is 17.6. The van der Waals surface area contributed by atoms with Gasteiger partial charge in [0.15, 0.2) is 0 Å². The van der Waals surface area contributed by atoms with Gasteiger partial charge in [0.1, 0.15) is 6.54 Å². The normalized spacial score (nSPS) is 11.1. The minimum atomic E-state index is -4.04. The van der Waals surface area contributed by atoms with Crippen molar-refractivity contribution in [3.63, 3.8) is 0 Å². The Morgan fingerprint density at radius 3 is 2.14 bits per heavy atom. The van der Waals surface area contributed by atoms with Gasteiger partial charge in [-0.15, -0.1) is 0 Å². The molecule has 3 aromatic rings. The average Bonchev–Trinajstić information content (AvgIpc) is 2.74. The molecule has 0 saturated carbocycles. The Morgan fingerprint density at radius 1 is 0.862 bits per heavy atom. The first-order valence-corrected chi connectivity index (χ1v) is 10.9. The molecule has 0 aliphatic rings. The highest BCUT2D eigenvalue weighted by Gasteiger charge is 2.29. The summed E-state index contributed by atoms with van der Waals surface area (Å²) < 4.78 is 27.5. The van der Waals surface area contributed by atoms with E-state index in [0.29, 0.717) is 0 Å². The minimum Gasteiger partial charge on any atom is -0.350 e. The van der Waals surface area contributed by atoms with Crippen LogP contribution in [0.1, 0.15) is 5.56 Å². The molecule has 1 N–H and O–H groups in total. The summed E-state index contributed by atoms with van der Waals surface area (Å²) in [7, 11) is -4.04. The maximum atomic E-state index is 13.3. The Bertz CT molecular complexity index is 1090. The van der Waals surface area contributed by atoms with Crippen LogP contribution in [0.4, 0.5) is 5.69 Å². The quantitative estimate of drug-likeness (QED) is 0.578. The van der Waals surface area contributed by atoms with Crippen LogP contribution in [0, 0.1) is 0 Å². The van der Waals surface area contributed by atoms with Gasteiger partial charge in [0.05, 0.1) is 20.6 Å². The van der Waals surface area contributed by atoms with Crippen LogP contribution >= 0.6 is 23.2 Å². The molecular weight excluding hydrogens is 431 g/mol. The first-order chi connectivity index (χ1) is 13.9. The third kappa shape index (κ3) is 5.09. The van der Waals surface area contributed by atoms with Gasteiger partial charge in [-0.25, -0.2) is 8.42 Å². The molecule has 0 fully saturated rings. The van der Waals surface area contributed by atoms with E-state index in [-0.39, 0.29) is 27.2 Å². The van der Waals surface area contributed by atoms with Gasteiger partial charge in [-0.05, 0) is 29.8 Å². The molecule has 0 aromatic heterocycles. The molecule has 150 valence electrons. The Hall–Kier alpha value is -2.54. The van der Waals surface area contributed by atoms with Gasteiger partial charge >= 0.3 is 0 Å². The summed E-state index contributed by atoms with van der Waals surface area (Å²) in [6.45, 7) is -0.160. The van der Waals surface area contributed by atoms with E-state index in [0.717, 1.165) is 9.87 Å². The van der Waals surface area contributed by atoms with Crippen molar-refractivity contribution in [2.75, 3.05) is 10.8 Å². The van der Waals surface area contributed by atoms with E-state index in [2.05, 4.69) is 5.32 Å². The molecule has 29 heavy (non-hydrogen) atoms. The minimum absolute atomic E-state index is 0.0481. The van der Waals surface area contributed by atoms with Crippen LogP contribution in [0.3, 0.4) is 0 Å². The SMILES string of the molecule is O=C(CN(c1cccc(Cl)c1Cl)S(=O)(=O)c1ccccc1)NCc1ccccc1. The van der Waals surface area contributed by atoms with Crippen molar-refractivity contribution in [2.45, 2.75) is 11.4 Å². The average molecular weight is 449 g/mol. The zero-order chi connectivity index (χ0) is 20.9. The highest BCUT2D eigenvalue weighted by atomic mass is 35.5. The standard InChI is InChI=1S/C21H18Cl2N2O3S/c22-18-12-7-13-19(21(18)23)25(29(27,28)17-10-5-2-6-11-17)15-20(26)24-14-16-8-3-1-4-9-16/h1-13H,14-15H2,(H,24,26). The predicted molar refractivity (Wildman–Crippen MR) is 116 cm³/mol. The second-order valence-corrected chi connectivity index (χ2v) is 8.81. The number of carbonyl (C=O) groups excluding carboxylic acids is 1. The lowest BCUT2D eigenvalue weighted by Gasteiger charge is -2.25. The van der Waals surface area contributed by atoms with Crippen molar-refractivity contribution >= 4 is 44.8 Å². The summed E-state index contributed by atoms with van der Waals surface area (Å²) in [4.78, 5) is 12.6. The summed E-state index contributed by atoms with van der Waals surface area (Å²) in [5, 5.41) is 2.99. The molecule has 0 saturated heterocycles. The molecule has 0 spiro atoms. The number of amides is 1. The van der Waals surface area contributed by atoms with Gasteiger partial charge in [-0.2, -0.15) is 0 Å². The number of nitrogens with one attached hydrogen (secondary N) is 1. The molecule has 0 aliphatic carbocycles. The van der Waals surface area contributed by atoms with E-state index in [4.69, 9.17) is 23.2 Å². The van der Waals surface area contributed by atoms with Gasteiger partial charge < -0.3 is 5.32 Å². The molecule has 0 radical (unpaired) electrons. The van der Waals surface area contributed by atoms with Crippen LogP contribution in [0.2, 0.25) is 10.0 Å². The van der Waals surface area contributed by atoms with Gasteiger partial charge in [0.2, 0.25) is 5.91 Å². The van der Waals surface area contributed by atoms with E-state index in [1.165, 1.54) is 18.2 Å². The highest BCUT2D eigenvalue weighted by molar-refractivity contribution is 7.92. The molecule has 0 unspecified atom stereocenters. The van der Waals surface area contributed by atoms with Crippen molar-refractivity contribution in [3.8, 4) is 0 Å². The maximum absolute atomic E-state index is 13.3. The Kier molecular flexibility index (Phi) is 6.79. The van der Waals surface area contributed by atoms with Crippen molar-refractivity contribution in [1.82, 2.24) is 5.32 Å². The van der Waals surface area contributed by atoms with Gasteiger partial charge in [-0.3, -0.25) is 9.10 Å². The van der Waals surface area contributed by atoms with E-state index in [1.807, 2.05) is 30.3 Å². The number of anilines is 1. The lowest BCUT2D eigenvalue weighted by Crippen LogP contribution is -2.40. The number of hydrogen-bond donors (Lipinski definition) is 1. The van der Waals surface area contributed by atoms with E-state index >= 15 is 0 Å². The second kappa shape index (κ2) is 9.31. The third-order valence-corrected chi connectivity index (χ3v) is 6.73. The zero-order valence-electron chi connectivity index (χ0n) is 15.3. The number of halogens is 2. The molecule has 3 aromatic carbocycles. The molecule has 0 aliphatic heterocycles. The fourth-order valence-corrected chi connectivity index (χ4v) is 4.59. The molecule has 1 amide bonds. The molecule has 8 heteroatoms. The highest BCUT2D eigenvalue weighted by Crippen LogP contribution is 2.35. The third-order valence-electron chi connectivity index (χ3n) is 4.15. The Morgan fingerprint density at radius 2 is 1.48 bits per heavy atom. The summed E-state index contributed by atoms with van der Waals surface area (Å²) in [6, 6.07) is 21.8. The van der Waals surface area contributed by atoms with Gasteiger partial charge in [0.25, 0.3) is 10.0 Å². The van der Waals surface area contributed by atoms with Crippen LogP contribution in [-0.4, -0.2) is 20.9 Å². The second-order valence-electron chi connectivity index (χ2n) is 6.16. The smallest absolute Gasteiger partial charge is 0.264 e. The Balaban J connectivity index is 1.91. The van der Waals surface area contributed by atoms with Gasteiger partial charge in [0, 0.05) is 6.54 Å². The monoisotopic (exact) mass is 448 g/mol. The number of hydrogen-bond acceptors (Lipinski definition) is 3. The fraction of sp³-hybridized carbons (Fsp3) is 0.0952. The van der Waals surface area contributed by atoms with Crippen LogP contribution < -0.4 is 9.62 Å². The first kappa shape index (κ1) is 21.2. The Labute approximate surface area is 179 Å². The van der Waals surface area contributed by atoms with E-state index in [9.17, 15) is 13.2 Å². The summed E-state index contributed by atoms with van der Waals surface area (Å²) >= 11 is 12.3. The maximum Gasteiger partial charge on any atom is 0.264 e. The van der Waals surface area contributed by atoms with Crippen LogP contribution in [0.15, 0.2) is 83.8 Å². The summed E-state index contributed by atoms with van der Waals surface area (Å²) in [6.07, 6.45) is 0. The van der Waals surface area contributed by atoms with Crippen molar-refractivity contribution in [2.24, 2.45) is 0 Å². The molecule has 3 rings (SSSR count). The summed E-state index contributed by atoms with van der Waals surface area (Å²) in [5.74, 6) is -0.468. The van der Waals surface area contributed by atoms with Crippen LogP contribution in [-0.2, 0) is 21.4 Å². The molecular formula is C21H18Cl2N2O3S. The summed E-state index contributed by atoms with van der Waals surface area (Å²) in [5.41, 5.74) is 1.04. The number of rotatable bonds is 7. The number of sulfonamides is 1. The lowest BCUT2D eigenvalue weighted by molar-refractivity contribution is -0.119. The lowest BCUT2D eigenvalue weighted by atomic mass is 10.2. The molecule has 0 heterocycles. The predicted octanol–water partition coefficient (Wildman–Crippen LogP) is 4.51. The molecule has 5 nitrogen and oxygen atoms in total. The van der Waals surface area contributed by atoms with Crippen LogP contribution in [0.25, 0.3) is 0 Å². The number of carbonyl (C=O) groups is 1. The first-order valence-electron chi connectivity index (χ1n) is 8.72. The largest absolute Gasteiger partial charge is 0.350 e. The van der Waals surface area contributed by atoms with E-state index in [1.54, 1.807) is 30.3 Å². The number of nitrogens with zero attached hydrogens (tertiary/aromatic N) is 1. The molecule has 0 bridgehead atoms.